The van der Waals surface area contributed by atoms with Crippen LogP contribution in [0.25, 0.3) is 0 Å². The van der Waals surface area contributed by atoms with Gasteiger partial charge in [-0.05, 0) is 32.4 Å². The van der Waals surface area contributed by atoms with Gasteiger partial charge in [0.05, 0.1) is 12.1 Å². The minimum atomic E-state index is -0.326. The van der Waals surface area contributed by atoms with Crippen molar-refractivity contribution in [3.8, 4) is 0 Å². The number of rotatable bonds is 3. The lowest BCUT2D eigenvalue weighted by molar-refractivity contribution is -0.134. The van der Waals surface area contributed by atoms with Crippen molar-refractivity contribution in [2.75, 3.05) is 0 Å². The monoisotopic (exact) mass is 236 g/mol. The summed E-state index contributed by atoms with van der Waals surface area (Å²) in [6.45, 7) is 3.81. The Bertz CT molecular complexity index is 439. The van der Waals surface area contributed by atoms with Crippen LogP contribution in [0.3, 0.4) is 0 Å². The first-order valence-electron chi connectivity index (χ1n) is 5.72. The normalized spacial score (nSPS) is 22.4. The second kappa shape index (κ2) is 4.71. The Morgan fingerprint density at radius 3 is 2.82 bits per heavy atom. The van der Waals surface area contributed by atoms with E-state index >= 15 is 0 Å². The molecular formula is C12H16N2O3. The SMILES string of the molecule is Cc1ccc(C(C)NC2CCC(=O)NC2=O)o1. The Balaban J connectivity index is 1.97. The number of carbonyl (C=O) groups excluding carboxylic acids is 2. The molecule has 92 valence electrons. The summed E-state index contributed by atoms with van der Waals surface area (Å²) in [4.78, 5) is 22.6. The molecule has 2 amide bonds. The van der Waals surface area contributed by atoms with Crippen molar-refractivity contribution in [1.29, 1.82) is 0 Å². The van der Waals surface area contributed by atoms with Gasteiger partial charge in [0.25, 0.3) is 0 Å². The molecule has 2 atom stereocenters. The molecule has 1 aromatic rings. The largest absolute Gasteiger partial charge is 0.465 e. The summed E-state index contributed by atoms with van der Waals surface area (Å²) in [5.74, 6) is 1.19. The molecule has 2 heterocycles. The lowest BCUT2D eigenvalue weighted by Gasteiger charge is -2.24. The fourth-order valence-corrected chi connectivity index (χ4v) is 1.92. The topological polar surface area (TPSA) is 71.3 Å². The molecule has 2 rings (SSSR count). The average molecular weight is 236 g/mol. The maximum absolute atomic E-state index is 11.6. The number of hydrogen-bond donors (Lipinski definition) is 2. The first-order valence-corrected chi connectivity index (χ1v) is 5.72. The van der Waals surface area contributed by atoms with E-state index in [4.69, 9.17) is 4.42 Å². The summed E-state index contributed by atoms with van der Waals surface area (Å²) in [5, 5.41) is 5.48. The third-order valence-electron chi connectivity index (χ3n) is 2.88. The second-order valence-electron chi connectivity index (χ2n) is 4.34. The van der Waals surface area contributed by atoms with Crippen LogP contribution in [-0.4, -0.2) is 17.9 Å². The molecular weight excluding hydrogens is 220 g/mol. The van der Waals surface area contributed by atoms with E-state index in [2.05, 4.69) is 10.6 Å². The molecule has 5 nitrogen and oxygen atoms in total. The van der Waals surface area contributed by atoms with E-state index in [1.54, 1.807) is 0 Å². The van der Waals surface area contributed by atoms with E-state index < -0.39 is 0 Å². The molecule has 5 heteroatoms. The summed E-state index contributed by atoms with van der Waals surface area (Å²) in [6, 6.07) is 3.40. The van der Waals surface area contributed by atoms with E-state index in [9.17, 15) is 9.59 Å². The minimum Gasteiger partial charge on any atom is -0.465 e. The summed E-state index contributed by atoms with van der Waals surface area (Å²) >= 11 is 0. The summed E-state index contributed by atoms with van der Waals surface area (Å²) in [7, 11) is 0. The van der Waals surface area contributed by atoms with Crippen molar-refractivity contribution in [3.05, 3.63) is 23.7 Å². The zero-order valence-electron chi connectivity index (χ0n) is 9.95. The molecule has 1 fully saturated rings. The standard InChI is InChI=1S/C12H16N2O3/c1-7-3-5-10(17-7)8(2)13-9-4-6-11(15)14-12(9)16/h3,5,8-9,13H,4,6H2,1-2H3,(H,14,15,16). The molecule has 17 heavy (non-hydrogen) atoms. The Morgan fingerprint density at radius 2 is 2.24 bits per heavy atom. The fraction of sp³-hybridized carbons (Fsp3) is 0.500. The van der Waals surface area contributed by atoms with Gasteiger partial charge in [0.1, 0.15) is 11.5 Å². The highest BCUT2D eigenvalue weighted by molar-refractivity contribution is 6.00. The van der Waals surface area contributed by atoms with Gasteiger partial charge >= 0.3 is 0 Å². The van der Waals surface area contributed by atoms with Gasteiger partial charge in [0, 0.05) is 6.42 Å². The van der Waals surface area contributed by atoms with Gasteiger partial charge < -0.3 is 4.42 Å². The van der Waals surface area contributed by atoms with Crippen LogP contribution in [0.2, 0.25) is 0 Å². The van der Waals surface area contributed by atoms with E-state index in [1.807, 2.05) is 26.0 Å². The van der Waals surface area contributed by atoms with Crippen molar-refractivity contribution in [1.82, 2.24) is 10.6 Å². The highest BCUT2D eigenvalue weighted by atomic mass is 16.3. The van der Waals surface area contributed by atoms with Crippen LogP contribution in [0.1, 0.15) is 37.3 Å². The van der Waals surface area contributed by atoms with Gasteiger partial charge in [-0.25, -0.2) is 0 Å². The summed E-state index contributed by atoms with van der Waals surface area (Å²) in [5.41, 5.74) is 0. The molecule has 1 aromatic heterocycles. The predicted molar refractivity (Wildman–Crippen MR) is 61.2 cm³/mol. The average Bonchev–Trinajstić information content (AvgIpc) is 2.69. The number of nitrogens with one attached hydrogen (secondary N) is 2. The molecule has 0 bridgehead atoms. The van der Waals surface area contributed by atoms with Gasteiger partial charge in [-0.3, -0.25) is 20.2 Å². The molecule has 1 saturated heterocycles. The highest BCUT2D eigenvalue weighted by Crippen LogP contribution is 2.17. The zero-order chi connectivity index (χ0) is 12.4. The maximum Gasteiger partial charge on any atom is 0.243 e. The summed E-state index contributed by atoms with van der Waals surface area (Å²) < 4.78 is 5.48. The first kappa shape index (κ1) is 11.9. The Kier molecular flexibility index (Phi) is 3.28. The van der Waals surface area contributed by atoms with Crippen molar-refractivity contribution >= 4 is 11.8 Å². The van der Waals surface area contributed by atoms with Crippen LogP contribution >= 0.6 is 0 Å². The third kappa shape index (κ3) is 2.74. The Morgan fingerprint density at radius 1 is 1.47 bits per heavy atom. The molecule has 0 saturated carbocycles. The molecule has 0 spiro atoms. The van der Waals surface area contributed by atoms with Crippen LogP contribution in [0, 0.1) is 6.92 Å². The maximum atomic E-state index is 11.6. The number of aryl methyl sites for hydroxylation is 1. The fourth-order valence-electron chi connectivity index (χ4n) is 1.92. The number of imide groups is 1. The number of furan rings is 1. The lowest BCUT2D eigenvalue weighted by Crippen LogP contribution is -2.51. The Labute approximate surface area is 99.6 Å². The molecule has 2 N–H and O–H groups in total. The molecule has 1 aliphatic rings. The van der Waals surface area contributed by atoms with Crippen LogP contribution in [0.5, 0.6) is 0 Å². The van der Waals surface area contributed by atoms with Crippen LogP contribution in [-0.2, 0) is 9.59 Å². The van der Waals surface area contributed by atoms with Crippen molar-refractivity contribution in [2.45, 2.75) is 38.8 Å². The highest BCUT2D eigenvalue weighted by Gasteiger charge is 2.28. The van der Waals surface area contributed by atoms with Crippen LogP contribution in [0.15, 0.2) is 16.5 Å². The van der Waals surface area contributed by atoms with E-state index in [-0.39, 0.29) is 23.9 Å². The number of carbonyl (C=O) groups is 2. The second-order valence-corrected chi connectivity index (χ2v) is 4.34. The molecule has 0 aliphatic carbocycles. The van der Waals surface area contributed by atoms with Crippen molar-refractivity contribution in [3.63, 3.8) is 0 Å². The quantitative estimate of drug-likeness (QED) is 0.769. The first-order chi connectivity index (χ1) is 8.06. The van der Waals surface area contributed by atoms with E-state index in [0.717, 1.165) is 11.5 Å². The van der Waals surface area contributed by atoms with Gasteiger partial charge in [-0.2, -0.15) is 0 Å². The third-order valence-corrected chi connectivity index (χ3v) is 2.88. The smallest absolute Gasteiger partial charge is 0.243 e. The van der Waals surface area contributed by atoms with Crippen LogP contribution in [0.4, 0.5) is 0 Å². The van der Waals surface area contributed by atoms with Gasteiger partial charge in [0.2, 0.25) is 11.8 Å². The van der Waals surface area contributed by atoms with Crippen molar-refractivity contribution in [2.24, 2.45) is 0 Å². The van der Waals surface area contributed by atoms with Crippen LogP contribution < -0.4 is 10.6 Å². The Hall–Kier alpha value is -1.62. The van der Waals surface area contributed by atoms with Gasteiger partial charge in [0.15, 0.2) is 0 Å². The minimum absolute atomic E-state index is 0.0485. The summed E-state index contributed by atoms with van der Waals surface area (Å²) in [6.07, 6.45) is 0.919. The van der Waals surface area contributed by atoms with E-state index in [0.29, 0.717) is 12.8 Å². The zero-order valence-corrected chi connectivity index (χ0v) is 9.95. The molecule has 1 aliphatic heterocycles. The van der Waals surface area contributed by atoms with E-state index in [1.165, 1.54) is 0 Å². The van der Waals surface area contributed by atoms with Crippen molar-refractivity contribution < 1.29 is 14.0 Å². The van der Waals surface area contributed by atoms with Gasteiger partial charge in [-0.15, -0.1) is 0 Å². The molecule has 0 radical (unpaired) electrons. The number of amides is 2. The number of hydrogen-bond acceptors (Lipinski definition) is 4. The predicted octanol–water partition coefficient (Wildman–Crippen LogP) is 1.04. The lowest BCUT2D eigenvalue weighted by atomic mass is 10.0. The molecule has 2 unspecified atom stereocenters. The molecule has 0 aromatic carbocycles. The number of piperidine rings is 1. The van der Waals surface area contributed by atoms with Gasteiger partial charge in [-0.1, -0.05) is 0 Å².